The summed E-state index contributed by atoms with van der Waals surface area (Å²) in [5.74, 6) is -1.30. The van der Waals surface area contributed by atoms with Crippen molar-refractivity contribution < 1.29 is 18.8 Å². The largest absolute Gasteiger partial charge is 0.464 e. The fourth-order valence-electron chi connectivity index (χ4n) is 1.04. The van der Waals surface area contributed by atoms with Crippen molar-refractivity contribution in [3.63, 3.8) is 0 Å². The average molecular weight is 211 g/mol. The molecule has 0 aromatic heterocycles. The summed E-state index contributed by atoms with van der Waals surface area (Å²) in [7, 11) is 2.46. The molecule has 4 nitrogen and oxygen atoms in total. The van der Waals surface area contributed by atoms with Crippen molar-refractivity contribution in [1.29, 1.82) is 0 Å². The Kier molecular flexibility index (Phi) is 3.79. The number of halogens is 1. The van der Waals surface area contributed by atoms with Gasteiger partial charge in [-0.25, -0.2) is 9.18 Å². The first kappa shape index (κ1) is 11.2. The molecule has 1 aromatic carbocycles. The summed E-state index contributed by atoms with van der Waals surface area (Å²) in [6.07, 6.45) is 0. The molecule has 80 valence electrons. The van der Waals surface area contributed by atoms with Gasteiger partial charge in [-0.05, 0) is 12.1 Å². The predicted octanol–water partition coefficient (Wildman–Crippen LogP) is 1.35. The molecule has 0 N–H and O–H groups in total. The third-order valence-corrected chi connectivity index (χ3v) is 1.69. The highest BCUT2D eigenvalue weighted by atomic mass is 19.1. The van der Waals surface area contributed by atoms with Crippen molar-refractivity contribution >= 4 is 11.7 Å². The number of nitrogens with zero attached hydrogens (tertiary/aromatic N) is 1. The summed E-state index contributed by atoms with van der Waals surface area (Å²) in [5.41, 5.74) is -0.149. The molecule has 0 aliphatic rings. The highest BCUT2D eigenvalue weighted by Gasteiger charge is 2.18. The van der Waals surface area contributed by atoms with E-state index in [2.05, 4.69) is 14.7 Å². The summed E-state index contributed by atoms with van der Waals surface area (Å²) in [6.45, 7) is 0. The van der Waals surface area contributed by atoms with Crippen molar-refractivity contribution in [2.24, 2.45) is 5.16 Å². The molecule has 0 spiro atoms. The Morgan fingerprint density at radius 2 is 2.00 bits per heavy atom. The zero-order chi connectivity index (χ0) is 11.3. The second kappa shape index (κ2) is 5.09. The molecular formula is C10H10FNO3. The Morgan fingerprint density at radius 3 is 2.53 bits per heavy atom. The molecule has 0 heterocycles. The molecule has 0 amide bonds. The van der Waals surface area contributed by atoms with Crippen LogP contribution in [0.15, 0.2) is 29.4 Å². The zero-order valence-corrected chi connectivity index (χ0v) is 8.36. The minimum Gasteiger partial charge on any atom is -0.464 e. The molecule has 0 unspecified atom stereocenters. The van der Waals surface area contributed by atoms with E-state index >= 15 is 0 Å². The molecule has 0 atom stereocenters. The monoisotopic (exact) mass is 211 g/mol. The number of esters is 1. The van der Waals surface area contributed by atoms with Crippen LogP contribution in [0.25, 0.3) is 0 Å². The standard InChI is InChI=1S/C10H10FNO3/c1-14-10(13)9(12-15-2)7-5-3-4-6-8(7)11/h3-6H,1-2H3. The quantitative estimate of drug-likeness (QED) is 0.430. The van der Waals surface area contributed by atoms with Gasteiger partial charge in [0.25, 0.3) is 0 Å². The summed E-state index contributed by atoms with van der Waals surface area (Å²) < 4.78 is 17.8. The Morgan fingerprint density at radius 1 is 1.33 bits per heavy atom. The number of rotatable bonds is 3. The van der Waals surface area contributed by atoms with Gasteiger partial charge in [-0.1, -0.05) is 17.3 Å². The topological polar surface area (TPSA) is 47.9 Å². The van der Waals surface area contributed by atoms with Crippen molar-refractivity contribution in [3.05, 3.63) is 35.6 Å². The minimum atomic E-state index is -0.748. The summed E-state index contributed by atoms with van der Waals surface area (Å²) in [4.78, 5) is 15.7. The van der Waals surface area contributed by atoms with Crippen LogP contribution in [0.3, 0.4) is 0 Å². The molecule has 1 rings (SSSR count). The van der Waals surface area contributed by atoms with Crippen LogP contribution in [0.4, 0.5) is 4.39 Å². The van der Waals surface area contributed by atoms with Gasteiger partial charge in [0, 0.05) is 5.56 Å². The number of benzene rings is 1. The maximum Gasteiger partial charge on any atom is 0.360 e. The van der Waals surface area contributed by atoms with E-state index in [1.54, 1.807) is 6.07 Å². The maximum absolute atomic E-state index is 13.3. The predicted molar refractivity (Wildman–Crippen MR) is 52.0 cm³/mol. The number of oxime groups is 1. The van der Waals surface area contributed by atoms with Crippen molar-refractivity contribution in [2.45, 2.75) is 0 Å². The lowest BCUT2D eigenvalue weighted by Crippen LogP contribution is -2.18. The molecule has 5 heteroatoms. The molecule has 0 radical (unpaired) electrons. The molecule has 0 saturated carbocycles. The Labute approximate surface area is 86.3 Å². The lowest BCUT2D eigenvalue weighted by Gasteiger charge is -2.04. The van der Waals surface area contributed by atoms with Gasteiger partial charge in [0.05, 0.1) is 7.11 Å². The van der Waals surface area contributed by atoms with E-state index in [4.69, 9.17) is 0 Å². The number of carbonyl (C=O) groups excluding carboxylic acids is 1. The SMILES string of the molecule is CON=C(C(=O)OC)c1ccccc1F. The second-order valence-electron chi connectivity index (χ2n) is 2.59. The maximum atomic E-state index is 13.3. The van der Waals surface area contributed by atoms with Gasteiger partial charge < -0.3 is 9.57 Å². The van der Waals surface area contributed by atoms with E-state index in [1.165, 1.54) is 32.4 Å². The minimum absolute atomic E-state index is 0.0474. The molecule has 0 aliphatic carbocycles. The summed E-state index contributed by atoms with van der Waals surface area (Å²) >= 11 is 0. The van der Waals surface area contributed by atoms with Crippen LogP contribution in [0.1, 0.15) is 5.56 Å². The number of ether oxygens (including phenoxy) is 1. The molecule has 0 saturated heterocycles. The van der Waals surface area contributed by atoms with Gasteiger partial charge in [-0.15, -0.1) is 0 Å². The first-order valence-corrected chi connectivity index (χ1v) is 4.15. The van der Waals surface area contributed by atoms with Gasteiger partial charge in [-0.2, -0.15) is 0 Å². The fourth-order valence-corrected chi connectivity index (χ4v) is 1.04. The van der Waals surface area contributed by atoms with Crippen molar-refractivity contribution in [3.8, 4) is 0 Å². The van der Waals surface area contributed by atoms with Gasteiger partial charge in [0.15, 0.2) is 5.71 Å². The summed E-state index contributed by atoms with van der Waals surface area (Å²) in [5, 5.41) is 3.43. The summed E-state index contributed by atoms with van der Waals surface area (Å²) in [6, 6.07) is 5.75. The molecular weight excluding hydrogens is 201 g/mol. The van der Waals surface area contributed by atoms with E-state index in [-0.39, 0.29) is 11.3 Å². The van der Waals surface area contributed by atoms with Crippen LogP contribution in [-0.4, -0.2) is 25.9 Å². The highest BCUT2D eigenvalue weighted by molar-refractivity contribution is 6.43. The molecule has 0 fully saturated rings. The highest BCUT2D eigenvalue weighted by Crippen LogP contribution is 2.09. The normalized spacial score (nSPS) is 11.0. The number of carbonyl (C=O) groups is 1. The lowest BCUT2D eigenvalue weighted by atomic mass is 10.1. The zero-order valence-electron chi connectivity index (χ0n) is 8.36. The fraction of sp³-hybridized carbons (Fsp3) is 0.200. The van der Waals surface area contributed by atoms with Gasteiger partial charge in [0.1, 0.15) is 12.9 Å². The number of hydrogen-bond acceptors (Lipinski definition) is 4. The second-order valence-corrected chi connectivity index (χ2v) is 2.59. The Bertz CT molecular complexity index is 390. The van der Waals surface area contributed by atoms with E-state index < -0.39 is 11.8 Å². The molecule has 0 bridgehead atoms. The van der Waals surface area contributed by atoms with E-state index in [0.29, 0.717) is 0 Å². The van der Waals surface area contributed by atoms with Gasteiger partial charge in [-0.3, -0.25) is 0 Å². The van der Waals surface area contributed by atoms with Crippen molar-refractivity contribution in [1.82, 2.24) is 0 Å². The number of hydrogen-bond donors (Lipinski definition) is 0. The van der Waals surface area contributed by atoms with Gasteiger partial charge in [0.2, 0.25) is 0 Å². The van der Waals surface area contributed by atoms with Crippen molar-refractivity contribution in [2.75, 3.05) is 14.2 Å². The third kappa shape index (κ3) is 2.52. The van der Waals surface area contributed by atoms with Crippen LogP contribution in [0.5, 0.6) is 0 Å². The van der Waals surface area contributed by atoms with Crippen LogP contribution in [0.2, 0.25) is 0 Å². The first-order valence-electron chi connectivity index (χ1n) is 4.15. The van der Waals surface area contributed by atoms with Crippen LogP contribution in [0, 0.1) is 5.82 Å². The Balaban J connectivity index is 3.17. The molecule has 1 aromatic rings. The van der Waals surface area contributed by atoms with Crippen LogP contribution in [-0.2, 0) is 14.4 Å². The van der Waals surface area contributed by atoms with E-state index in [0.717, 1.165) is 0 Å². The smallest absolute Gasteiger partial charge is 0.360 e. The molecule has 0 aliphatic heterocycles. The first-order chi connectivity index (χ1) is 7.20. The van der Waals surface area contributed by atoms with Gasteiger partial charge >= 0.3 is 5.97 Å². The third-order valence-electron chi connectivity index (χ3n) is 1.69. The lowest BCUT2D eigenvalue weighted by molar-refractivity contribution is -0.132. The molecule has 15 heavy (non-hydrogen) atoms. The van der Waals surface area contributed by atoms with Crippen LogP contribution >= 0.6 is 0 Å². The average Bonchev–Trinajstić information content (AvgIpc) is 2.26. The van der Waals surface area contributed by atoms with E-state index in [9.17, 15) is 9.18 Å². The van der Waals surface area contributed by atoms with Crippen LogP contribution < -0.4 is 0 Å². The van der Waals surface area contributed by atoms with E-state index in [1.807, 2.05) is 0 Å². The Hall–Kier alpha value is -1.91. The number of methoxy groups -OCH3 is 1.